The molecule has 0 bridgehead atoms. The van der Waals surface area contributed by atoms with Crippen LogP contribution in [0.1, 0.15) is 67.2 Å². The van der Waals surface area contributed by atoms with Gasteiger partial charge in [0.25, 0.3) is 0 Å². The number of ketones is 2. The molecule has 3 atom stereocenters. The molecular weight excluding hydrogens is 318 g/mol. The van der Waals surface area contributed by atoms with Crippen LogP contribution in [0.5, 0.6) is 0 Å². The molecule has 0 saturated heterocycles. The molecule has 1 aliphatic carbocycles. The third-order valence-electron chi connectivity index (χ3n) is 5.12. The number of Topliss-reactive ketones (excluding diaryl/α,β-unsaturated/α-hetero) is 2. The number of carbonyl (C=O) groups excluding carboxylic acids is 2. The number of aliphatic hydroxyl groups excluding tert-OH is 1. The summed E-state index contributed by atoms with van der Waals surface area (Å²) in [6.07, 6.45) is 1.00. The molecule has 4 N–H and O–H groups in total. The van der Waals surface area contributed by atoms with E-state index in [1.807, 2.05) is 27.7 Å². The molecular formula is C20H35NO4. The van der Waals surface area contributed by atoms with Crippen molar-refractivity contribution in [1.82, 2.24) is 0 Å². The number of rotatable bonds is 9. The Labute approximate surface area is 151 Å². The molecule has 5 heteroatoms. The molecule has 144 valence electrons. The first-order valence-electron chi connectivity index (χ1n) is 9.43. The van der Waals surface area contributed by atoms with Crippen molar-refractivity contribution in [2.45, 2.75) is 78.9 Å². The Kier molecular flexibility index (Phi) is 7.39. The summed E-state index contributed by atoms with van der Waals surface area (Å²) in [4.78, 5) is 25.4. The smallest absolute Gasteiger partial charge is 0.174 e. The lowest BCUT2D eigenvalue weighted by atomic mass is 9.77. The van der Waals surface area contributed by atoms with Crippen molar-refractivity contribution in [3.8, 4) is 0 Å². The van der Waals surface area contributed by atoms with E-state index in [1.165, 1.54) is 0 Å². The van der Waals surface area contributed by atoms with Gasteiger partial charge in [-0.3, -0.25) is 9.59 Å². The van der Waals surface area contributed by atoms with Gasteiger partial charge >= 0.3 is 0 Å². The maximum Gasteiger partial charge on any atom is 0.174 e. The molecule has 0 aromatic heterocycles. The van der Waals surface area contributed by atoms with Gasteiger partial charge in [0.2, 0.25) is 0 Å². The maximum atomic E-state index is 12.9. The monoisotopic (exact) mass is 353 g/mol. The minimum atomic E-state index is -1.85. The number of nitrogens with two attached hydrogens (primary N) is 1. The van der Waals surface area contributed by atoms with Crippen molar-refractivity contribution in [2.75, 3.05) is 0 Å². The van der Waals surface area contributed by atoms with Gasteiger partial charge in [0.1, 0.15) is 5.60 Å². The molecule has 0 unspecified atom stereocenters. The van der Waals surface area contributed by atoms with Crippen molar-refractivity contribution in [3.63, 3.8) is 0 Å². The van der Waals surface area contributed by atoms with Gasteiger partial charge in [-0.15, -0.1) is 0 Å². The lowest BCUT2D eigenvalue weighted by Gasteiger charge is -2.35. The van der Waals surface area contributed by atoms with Crippen LogP contribution in [0.15, 0.2) is 11.3 Å². The molecule has 0 heterocycles. The number of aliphatic hydroxyl groups is 2. The Bertz CT molecular complexity index is 536. The fraction of sp³-hybridized carbons (Fsp3) is 0.800. The Balaban J connectivity index is 3.27. The summed E-state index contributed by atoms with van der Waals surface area (Å²) in [6, 6.07) is 0. The van der Waals surface area contributed by atoms with Gasteiger partial charge in [-0.1, -0.05) is 48.0 Å². The van der Waals surface area contributed by atoms with Gasteiger partial charge in [0, 0.05) is 5.92 Å². The van der Waals surface area contributed by atoms with Crippen molar-refractivity contribution in [1.29, 1.82) is 0 Å². The second-order valence-corrected chi connectivity index (χ2v) is 8.51. The van der Waals surface area contributed by atoms with Crippen LogP contribution in [0.25, 0.3) is 0 Å². The molecule has 0 spiro atoms. The molecule has 25 heavy (non-hydrogen) atoms. The van der Waals surface area contributed by atoms with Crippen LogP contribution < -0.4 is 5.73 Å². The predicted molar refractivity (Wildman–Crippen MR) is 98.7 cm³/mol. The molecule has 0 fully saturated rings. The summed E-state index contributed by atoms with van der Waals surface area (Å²) < 4.78 is 0. The third kappa shape index (κ3) is 4.50. The second-order valence-electron chi connectivity index (χ2n) is 8.51. The molecule has 0 saturated carbocycles. The largest absolute Gasteiger partial charge is 0.399 e. The molecule has 1 rings (SSSR count). The summed E-state index contributed by atoms with van der Waals surface area (Å²) >= 11 is 0. The molecule has 0 radical (unpaired) electrons. The third-order valence-corrected chi connectivity index (χ3v) is 5.12. The van der Waals surface area contributed by atoms with E-state index in [0.29, 0.717) is 37.5 Å². The molecule has 0 amide bonds. The Hall–Kier alpha value is -1.20. The molecule has 0 aromatic carbocycles. The first kappa shape index (κ1) is 21.8. The van der Waals surface area contributed by atoms with Gasteiger partial charge in [0.15, 0.2) is 11.6 Å². The van der Waals surface area contributed by atoms with Crippen molar-refractivity contribution in [3.05, 3.63) is 11.3 Å². The fourth-order valence-electron chi connectivity index (χ4n) is 3.41. The van der Waals surface area contributed by atoms with Crippen molar-refractivity contribution in [2.24, 2.45) is 29.4 Å². The zero-order valence-electron chi connectivity index (χ0n) is 16.5. The molecule has 5 nitrogen and oxygen atoms in total. The topological polar surface area (TPSA) is 101 Å². The zero-order chi connectivity index (χ0) is 19.5. The Morgan fingerprint density at radius 1 is 1.08 bits per heavy atom. The highest BCUT2D eigenvalue weighted by atomic mass is 16.3. The standard InChI is InChI=1S/C20H35NO4/c1-11(2)7-9-14-18(24)16(17(23)13(5)6)19(21)20(14,25)15(22)10-8-12(3)4/h11-15,22,25H,7-10,21H2,1-6H3/t14-,15+,20+/m1/s1. The minimum Gasteiger partial charge on any atom is -0.399 e. The van der Waals surface area contributed by atoms with Crippen molar-refractivity contribution < 1.29 is 19.8 Å². The highest BCUT2D eigenvalue weighted by Crippen LogP contribution is 2.43. The lowest BCUT2D eigenvalue weighted by molar-refractivity contribution is -0.134. The quantitative estimate of drug-likeness (QED) is 0.553. The summed E-state index contributed by atoms with van der Waals surface area (Å²) in [6.45, 7) is 11.5. The highest BCUT2D eigenvalue weighted by Gasteiger charge is 2.56. The van der Waals surface area contributed by atoms with Gasteiger partial charge in [-0.05, 0) is 31.1 Å². The van der Waals surface area contributed by atoms with Crippen molar-refractivity contribution >= 4 is 11.6 Å². The van der Waals surface area contributed by atoms with Crippen LogP contribution in [0, 0.1) is 23.7 Å². The van der Waals surface area contributed by atoms with E-state index in [4.69, 9.17) is 5.73 Å². The predicted octanol–water partition coefficient (Wildman–Crippen LogP) is 2.59. The molecule has 0 aromatic rings. The number of hydrogen-bond donors (Lipinski definition) is 3. The van der Waals surface area contributed by atoms with Crippen LogP contribution in [0.3, 0.4) is 0 Å². The van der Waals surface area contributed by atoms with E-state index in [1.54, 1.807) is 13.8 Å². The minimum absolute atomic E-state index is 0.102. The highest BCUT2D eigenvalue weighted by molar-refractivity contribution is 6.24. The van der Waals surface area contributed by atoms with Crippen LogP contribution in [-0.4, -0.2) is 33.5 Å². The maximum absolute atomic E-state index is 12.9. The average molecular weight is 354 g/mol. The van der Waals surface area contributed by atoms with Crippen LogP contribution >= 0.6 is 0 Å². The van der Waals surface area contributed by atoms with Gasteiger partial charge in [-0.25, -0.2) is 0 Å². The van der Waals surface area contributed by atoms with E-state index in [9.17, 15) is 19.8 Å². The molecule has 0 aliphatic heterocycles. The van der Waals surface area contributed by atoms with E-state index >= 15 is 0 Å². The first-order chi connectivity index (χ1) is 11.4. The summed E-state index contributed by atoms with van der Waals surface area (Å²) in [5.41, 5.74) is 4.03. The van der Waals surface area contributed by atoms with E-state index < -0.39 is 29.3 Å². The Morgan fingerprint density at radius 2 is 1.60 bits per heavy atom. The van der Waals surface area contributed by atoms with Crippen LogP contribution in [-0.2, 0) is 9.59 Å². The fourth-order valence-corrected chi connectivity index (χ4v) is 3.41. The van der Waals surface area contributed by atoms with Crippen LogP contribution in [0.4, 0.5) is 0 Å². The summed E-state index contributed by atoms with van der Waals surface area (Å²) in [5.74, 6) is -1.32. The Morgan fingerprint density at radius 3 is 2.04 bits per heavy atom. The zero-order valence-corrected chi connectivity index (χ0v) is 16.5. The van der Waals surface area contributed by atoms with Gasteiger partial charge in [0.05, 0.1) is 23.3 Å². The van der Waals surface area contributed by atoms with Gasteiger partial charge < -0.3 is 15.9 Å². The van der Waals surface area contributed by atoms with Crippen LogP contribution in [0.2, 0.25) is 0 Å². The van der Waals surface area contributed by atoms with E-state index in [-0.39, 0.29) is 17.1 Å². The van der Waals surface area contributed by atoms with E-state index in [2.05, 4.69) is 0 Å². The van der Waals surface area contributed by atoms with E-state index in [0.717, 1.165) is 0 Å². The summed E-state index contributed by atoms with van der Waals surface area (Å²) in [5, 5.41) is 22.0. The molecule has 1 aliphatic rings. The SMILES string of the molecule is CC(C)CC[C@@H]1C(=O)C(C(=O)C(C)C)=C(N)[C@@]1(O)[C@@H](O)CCC(C)C. The summed E-state index contributed by atoms with van der Waals surface area (Å²) in [7, 11) is 0. The number of carbonyl (C=O) groups is 2. The van der Waals surface area contributed by atoms with Gasteiger partial charge in [-0.2, -0.15) is 0 Å². The number of hydrogen-bond acceptors (Lipinski definition) is 5. The lowest BCUT2D eigenvalue weighted by Crippen LogP contribution is -2.51. The number of allylic oxidation sites excluding steroid dienone is 1. The average Bonchev–Trinajstić information content (AvgIpc) is 2.69. The normalized spacial score (nSPS) is 25.6. The second kappa shape index (κ2) is 8.45. The first-order valence-corrected chi connectivity index (χ1v) is 9.43.